The molecule has 4 saturated carbocycles. The highest BCUT2D eigenvalue weighted by Crippen LogP contribution is 2.75. The van der Waals surface area contributed by atoms with Crippen molar-refractivity contribution in [3.8, 4) is 0 Å². The van der Waals surface area contributed by atoms with Crippen LogP contribution < -0.4 is 0 Å². The Balaban J connectivity index is 1.64. The molecule has 0 aromatic carbocycles. The minimum atomic E-state index is -1.29. The number of hydrogen-bond acceptors (Lipinski definition) is 6. The molecule has 0 aromatic heterocycles. The highest BCUT2D eigenvalue weighted by molar-refractivity contribution is 5.96. The van der Waals surface area contributed by atoms with Crippen LogP contribution in [0.4, 0.5) is 0 Å². The topological polar surface area (TPSA) is 104 Å². The molecule has 5 aliphatic carbocycles. The summed E-state index contributed by atoms with van der Waals surface area (Å²) in [5.74, 6) is -0.558. The monoisotopic (exact) mass is 516 g/mol. The first-order valence-electron chi connectivity index (χ1n) is 14.3. The third-order valence-electron chi connectivity index (χ3n) is 13.4. The van der Waals surface area contributed by atoms with Gasteiger partial charge in [0.05, 0.1) is 24.7 Å². The van der Waals surface area contributed by atoms with Crippen molar-refractivity contribution in [1.29, 1.82) is 0 Å². The zero-order valence-electron chi connectivity index (χ0n) is 24.1. The quantitative estimate of drug-likeness (QED) is 0.445. The number of allylic oxidation sites excluding steroid dienone is 2. The van der Waals surface area contributed by atoms with Gasteiger partial charge in [-0.3, -0.25) is 9.59 Å². The second-order valence-electron chi connectivity index (χ2n) is 15.3. The van der Waals surface area contributed by atoms with Gasteiger partial charge in [-0.05, 0) is 91.4 Å². The summed E-state index contributed by atoms with van der Waals surface area (Å²) < 4.78 is 5.22. The molecule has 6 nitrogen and oxygen atoms in total. The van der Waals surface area contributed by atoms with Crippen molar-refractivity contribution in [3.05, 3.63) is 11.6 Å². The molecule has 0 radical (unpaired) electrons. The Hall–Kier alpha value is -1.24. The Bertz CT molecular complexity index is 1050. The molecule has 37 heavy (non-hydrogen) atoms. The Morgan fingerprint density at radius 2 is 1.54 bits per heavy atom. The van der Waals surface area contributed by atoms with Crippen LogP contribution in [0.2, 0.25) is 0 Å². The minimum absolute atomic E-state index is 0.0372. The molecule has 5 aliphatic rings. The number of carbonyl (C=O) groups is 2. The number of ether oxygens (including phenoxy) is 1. The molecule has 0 heterocycles. The van der Waals surface area contributed by atoms with E-state index in [-0.39, 0.29) is 34.4 Å². The van der Waals surface area contributed by atoms with E-state index in [1.54, 1.807) is 0 Å². The first-order valence-corrected chi connectivity index (χ1v) is 14.3. The maximum atomic E-state index is 14.3. The summed E-state index contributed by atoms with van der Waals surface area (Å²) in [6.07, 6.45) is 4.41. The minimum Gasteiger partial charge on any atom is -0.469 e. The maximum absolute atomic E-state index is 14.3. The predicted molar refractivity (Wildman–Crippen MR) is 140 cm³/mol. The van der Waals surface area contributed by atoms with Crippen molar-refractivity contribution >= 4 is 11.8 Å². The van der Waals surface area contributed by atoms with Gasteiger partial charge in [-0.1, -0.05) is 47.1 Å². The summed E-state index contributed by atoms with van der Waals surface area (Å²) in [6, 6.07) is 0. The second-order valence-corrected chi connectivity index (χ2v) is 15.3. The number of methoxy groups -OCH3 is 1. The maximum Gasteiger partial charge on any atom is 0.311 e. The fourth-order valence-electron chi connectivity index (χ4n) is 10.7. The van der Waals surface area contributed by atoms with Crippen molar-refractivity contribution in [1.82, 2.24) is 0 Å². The molecule has 6 heteroatoms. The van der Waals surface area contributed by atoms with Crippen LogP contribution >= 0.6 is 0 Å². The number of fused-ring (bicyclic) bond motifs is 7. The lowest BCUT2D eigenvalue weighted by Gasteiger charge is -2.71. The van der Waals surface area contributed by atoms with Gasteiger partial charge < -0.3 is 20.1 Å². The summed E-state index contributed by atoms with van der Waals surface area (Å²) in [5, 5.41) is 33.5. The average molecular weight is 517 g/mol. The summed E-state index contributed by atoms with van der Waals surface area (Å²) in [6.45, 7) is 14.8. The van der Waals surface area contributed by atoms with E-state index in [0.29, 0.717) is 6.42 Å². The molecule has 3 N–H and O–H groups in total. The fourth-order valence-corrected chi connectivity index (χ4v) is 10.7. The molecule has 0 aliphatic heterocycles. The van der Waals surface area contributed by atoms with Crippen LogP contribution in [0.1, 0.15) is 93.4 Å². The van der Waals surface area contributed by atoms with Crippen LogP contribution in [0, 0.1) is 50.2 Å². The van der Waals surface area contributed by atoms with Gasteiger partial charge in [-0.15, -0.1) is 0 Å². The third kappa shape index (κ3) is 3.15. The number of aliphatic hydroxyl groups excluding tert-OH is 3. The summed E-state index contributed by atoms with van der Waals surface area (Å²) in [7, 11) is 1.46. The van der Waals surface area contributed by atoms with E-state index in [1.807, 2.05) is 33.8 Å². The lowest BCUT2D eigenvalue weighted by Crippen LogP contribution is -2.73. The van der Waals surface area contributed by atoms with Crippen LogP contribution in [0.15, 0.2) is 11.6 Å². The first kappa shape index (κ1) is 27.3. The lowest BCUT2D eigenvalue weighted by atomic mass is 9.33. The van der Waals surface area contributed by atoms with E-state index in [9.17, 15) is 24.9 Å². The molecule has 0 saturated heterocycles. The van der Waals surface area contributed by atoms with Crippen LogP contribution in [0.3, 0.4) is 0 Å². The van der Waals surface area contributed by atoms with Gasteiger partial charge in [0.15, 0.2) is 5.78 Å². The number of hydrogen-bond donors (Lipinski definition) is 3. The number of esters is 1. The molecule has 0 amide bonds. The van der Waals surface area contributed by atoms with Gasteiger partial charge in [0.25, 0.3) is 0 Å². The SMILES string of the molecule is COC(=O)[C@@]1(C)CC[C@]2(C)CC[C@]3(C)C(=CC(=O)[C@@H]4[C@@]5(C)[C@@H](O)[C@H](O)[C@H](O)C(C)(C)[C@@H]5CC[C@]43C)[C@@H]2C1. The Morgan fingerprint density at radius 1 is 0.919 bits per heavy atom. The van der Waals surface area contributed by atoms with E-state index in [2.05, 4.69) is 20.8 Å². The van der Waals surface area contributed by atoms with Crippen LogP contribution in [0.25, 0.3) is 0 Å². The fraction of sp³-hybridized carbons (Fsp3) is 0.871. The molecule has 0 unspecified atom stereocenters. The van der Waals surface area contributed by atoms with Gasteiger partial charge in [-0.25, -0.2) is 0 Å². The van der Waals surface area contributed by atoms with E-state index in [4.69, 9.17) is 4.74 Å². The predicted octanol–water partition coefficient (Wildman–Crippen LogP) is 4.44. The number of aliphatic hydroxyl groups is 3. The second kappa shape index (κ2) is 7.91. The normalized spacial score (nSPS) is 54.7. The number of ketones is 1. The lowest BCUT2D eigenvalue weighted by molar-refractivity contribution is -0.272. The largest absolute Gasteiger partial charge is 0.469 e. The first-order chi connectivity index (χ1) is 16.9. The average Bonchev–Trinajstić information content (AvgIpc) is 2.83. The molecule has 208 valence electrons. The van der Waals surface area contributed by atoms with Crippen LogP contribution in [-0.2, 0) is 14.3 Å². The van der Waals surface area contributed by atoms with Gasteiger partial charge >= 0.3 is 5.97 Å². The third-order valence-corrected chi connectivity index (χ3v) is 13.4. The Labute approximate surface area is 222 Å². The van der Waals surface area contributed by atoms with Crippen LogP contribution in [0.5, 0.6) is 0 Å². The highest BCUT2D eigenvalue weighted by atomic mass is 16.5. The molecule has 5 rings (SSSR count). The van der Waals surface area contributed by atoms with Gasteiger partial charge in [0, 0.05) is 11.3 Å². The van der Waals surface area contributed by atoms with Crippen molar-refractivity contribution in [3.63, 3.8) is 0 Å². The molecule has 4 fully saturated rings. The smallest absolute Gasteiger partial charge is 0.311 e. The standard InChI is InChI=1S/C31H48O6/c1-26(2)20-9-10-30(6)22(31(20,7)24(35)21(33)23(26)34)19(32)15-17-18-16-28(4,25(36)37-8)12-11-27(18,3)13-14-29(17,30)5/h15,18,20-24,33-35H,9-14,16H2,1-8H3/t18-,20-,21+,22-,23-,24-,27+,28-,29+,30+,31-/m0/s1. The van der Waals surface area contributed by atoms with Gasteiger partial charge in [0.2, 0.25) is 0 Å². The van der Waals surface area contributed by atoms with Gasteiger partial charge in [0.1, 0.15) is 6.10 Å². The molecule has 0 aromatic rings. The van der Waals surface area contributed by atoms with Crippen LogP contribution in [-0.4, -0.2) is 52.5 Å². The van der Waals surface area contributed by atoms with Crippen molar-refractivity contribution < 1.29 is 29.6 Å². The summed E-state index contributed by atoms with van der Waals surface area (Å²) in [5.41, 5.74) is -1.49. The summed E-state index contributed by atoms with van der Waals surface area (Å²) in [4.78, 5) is 27.2. The van der Waals surface area contributed by atoms with Crippen molar-refractivity contribution in [2.75, 3.05) is 7.11 Å². The van der Waals surface area contributed by atoms with Crippen molar-refractivity contribution in [2.45, 2.75) is 112 Å². The van der Waals surface area contributed by atoms with E-state index in [1.165, 1.54) is 12.7 Å². The Kier molecular flexibility index (Phi) is 5.84. The van der Waals surface area contributed by atoms with E-state index >= 15 is 0 Å². The van der Waals surface area contributed by atoms with E-state index < -0.39 is 45.9 Å². The number of carbonyl (C=O) groups excluding carboxylic acids is 2. The molecular weight excluding hydrogens is 468 g/mol. The molecule has 11 atom stereocenters. The van der Waals surface area contributed by atoms with Gasteiger partial charge in [-0.2, -0.15) is 0 Å². The Morgan fingerprint density at radius 3 is 2.16 bits per heavy atom. The number of rotatable bonds is 1. The summed E-state index contributed by atoms with van der Waals surface area (Å²) >= 11 is 0. The molecule has 0 spiro atoms. The zero-order chi connectivity index (χ0) is 27.6. The molecule has 0 bridgehead atoms. The zero-order valence-corrected chi connectivity index (χ0v) is 24.1. The molecular formula is C31H48O6. The highest BCUT2D eigenvalue weighted by Gasteiger charge is 2.73. The van der Waals surface area contributed by atoms with E-state index in [0.717, 1.165) is 38.5 Å². The van der Waals surface area contributed by atoms with Crippen molar-refractivity contribution in [2.24, 2.45) is 50.2 Å².